The van der Waals surface area contributed by atoms with Crippen LogP contribution in [0.4, 0.5) is 0 Å². The van der Waals surface area contributed by atoms with E-state index in [0.29, 0.717) is 17.6 Å². The Bertz CT molecular complexity index is 772. The molecule has 0 aromatic heterocycles. The van der Waals surface area contributed by atoms with Gasteiger partial charge in [-0.25, -0.2) is 0 Å². The molecule has 0 atom stereocenters. The van der Waals surface area contributed by atoms with Gasteiger partial charge < -0.3 is 0 Å². The lowest BCUT2D eigenvalue weighted by Gasteiger charge is -2.12. The molecule has 0 spiro atoms. The van der Waals surface area contributed by atoms with Gasteiger partial charge in [0.05, 0.1) is 5.57 Å². The molecule has 0 fully saturated rings. The molecule has 0 radical (unpaired) electrons. The molecule has 0 N–H and O–H groups in total. The number of ketones is 2. The zero-order valence-electron chi connectivity index (χ0n) is 22.5. The first-order chi connectivity index (χ1) is 17.2. The molecule has 2 rings (SSSR count). The van der Waals surface area contributed by atoms with Gasteiger partial charge in [0.25, 0.3) is 0 Å². The highest BCUT2D eigenvalue weighted by molar-refractivity contribution is 6.26. The van der Waals surface area contributed by atoms with Crippen LogP contribution in [0.2, 0.25) is 0 Å². The van der Waals surface area contributed by atoms with Crippen LogP contribution < -0.4 is 0 Å². The Morgan fingerprint density at radius 3 is 1.77 bits per heavy atom. The first-order valence-electron chi connectivity index (χ1n) is 14.8. The molecule has 1 aliphatic rings. The highest BCUT2D eigenvalue weighted by atomic mass is 16.1. The summed E-state index contributed by atoms with van der Waals surface area (Å²) >= 11 is 0. The van der Waals surface area contributed by atoms with Gasteiger partial charge in [0.1, 0.15) is 0 Å². The second-order valence-electron chi connectivity index (χ2n) is 10.4. The van der Waals surface area contributed by atoms with Gasteiger partial charge in [-0.1, -0.05) is 139 Å². The van der Waals surface area contributed by atoms with Gasteiger partial charge in [0, 0.05) is 12.0 Å². The third kappa shape index (κ3) is 13.1. The minimum absolute atomic E-state index is 0.0139. The molecular formula is C33H50O2. The van der Waals surface area contributed by atoms with Crippen LogP contribution in [0.5, 0.6) is 0 Å². The third-order valence-corrected chi connectivity index (χ3v) is 7.24. The lowest BCUT2D eigenvalue weighted by atomic mass is 9.91. The summed E-state index contributed by atoms with van der Waals surface area (Å²) in [6.45, 7) is 2.28. The maximum atomic E-state index is 13.1. The van der Waals surface area contributed by atoms with E-state index in [0.717, 1.165) is 37.7 Å². The molecule has 1 aliphatic carbocycles. The van der Waals surface area contributed by atoms with Crippen LogP contribution in [0.15, 0.2) is 53.6 Å². The van der Waals surface area contributed by atoms with E-state index < -0.39 is 0 Å². The van der Waals surface area contributed by atoms with E-state index in [2.05, 4.69) is 13.0 Å². The number of unbranched alkanes of at least 4 members (excludes halogenated alkanes) is 14. The Morgan fingerprint density at radius 1 is 0.714 bits per heavy atom. The van der Waals surface area contributed by atoms with Crippen LogP contribution in [-0.2, 0) is 4.79 Å². The Morgan fingerprint density at radius 2 is 1.26 bits per heavy atom. The molecule has 0 amide bonds. The second-order valence-corrected chi connectivity index (χ2v) is 10.4. The number of hydrogen-bond donors (Lipinski definition) is 0. The Hall–Kier alpha value is -1.96. The van der Waals surface area contributed by atoms with E-state index in [1.807, 2.05) is 36.4 Å². The molecule has 2 nitrogen and oxygen atoms in total. The molecule has 0 saturated carbocycles. The number of allylic oxidation sites excluding steroid dienone is 4. The fourth-order valence-electron chi connectivity index (χ4n) is 4.99. The molecule has 0 heterocycles. The van der Waals surface area contributed by atoms with Crippen LogP contribution in [0.1, 0.15) is 146 Å². The number of hydrogen-bond acceptors (Lipinski definition) is 2. The fourth-order valence-corrected chi connectivity index (χ4v) is 4.99. The first-order valence-corrected chi connectivity index (χ1v) is 14.8. The SMILES string of the molecule is CCCCCCCCCCCCCCCCCC(=O)C(=CC1=CCCCC1)C(=O)c1ccccc1. The molecule has 2 heteroatoms. The fraction of sp³-hybridized carbons (Fsp3) is 0.636. The van der Waals surface area contributed by atoms with E-state index in [4.69, 9.17) is 0 Å². The summed E-state index contributed by atoms with van der Waals surface area (Å²) in [5.41, 5.74) is 2.15. The van der Waals surface area contributed by atoms with E-state index in [9.17, 15) is 9.59 Å². The minimum atomic E-state index is -0.122. The van der Waals surface area contributed by atoms with Gasteiger partial charge in [-0.2, -0.15) is 0 Å². The predicted molar refractivity (Wildman–Crippen MR) is 150 cm³/mol. The monoisotopic (exact) mass is 478 g/mol. The van der Waals surface area contributed by atoms with Crippen molar-refractivity contribution >= 4 is 11.6 Å². The van der Waals surface area contributed by atoms with Crippen molar-refractivity contribution in [2.75, 3.05) is 0 Å². The summed E-state index contributed by atoms with van der Waals surface area (Å²) in [5, 5.41) is 0. The van der Waals surface area contributed by atoms with Crippen LogP contribution in [-0.4, -0.2) is 11.6 Å². The van der Waals surface area contributed by atoms with E-state index in [1.165, 1.54) is 89.9 Å². The Balaban J connectivity index is 1.62. The number of Topliss-reactive ketones (excluding diaryl/α,β-unsaturated/α-hetero) is 2. The number of benzene rings is 1. The van der Waals surface area contributed by atoms with Crippen molar-refractivity contribution in [3.63, 3.8) is 0 Å². The average molecular weight is 479 g/mol. The lowest BCUT2D eigenvalue weighted by Crippen LogP contribution is -2.14. The normalized spacial score (nSPS) is 14.1. The van der Waals surface area contributed by atoms with E-state index >= 15 is 0 Å². The summed E-state index contributed by atoms with van der Waals surface area (Å²) in [5.74, 6) is -0.108. The minimum Gasteiger partial charge on any atom is -0.294 e. The summed E-state index contributed by atoms with van der Waals surface area (Å²) in [6.07, 6.45) is 28.6. The zero-order chi connectivity index (χ0) is 25.0. The number of carbonyl (C=O) groups excluding carboxylic acids is 2. The molecule has 1 aromatic rings. The van der Waals surface area contributed by atoms with Crippen LogP contribution in [0.25, 0.3) is 0 Å². The van der Waals surface area contributed by atoms with E-state index in [1.54, 1.807) is 0 Å². The van der Waals surface area contributed by atoms with Crippen molar-refractivity contribution in [1.29, 1.82) is 0 Å². The second kappa shape index (κ2) is 19.3. The van der Waals surface area contributed by atoms with Gasteiger partial charge in [0.15, 0.2) is 11.6 Å². The van der Waals surface area contributed by atoms with Crippen LogP contribution in [0, 0.1) is 0 Å². The standard InChI is InChI=1S/C33H50O2/c1-2-3-4-5-6-7-8-9-10-11-12-13-14-15-22-27-32(34)31(28-29-23-18-16-19-24-29)33(35)30-25-20-17-21-26-30/h17,20-21,23,25-26,28H,2-16,18-19,22,24,27H2,1H3. The molecule has 194 valence electrons. The first kappa shape index (κ1) is 29.3. The molecule has 0 unspecified atom stereocenters. The van der Waals surface area contributed by atoms with Crippen molar-refractivity contribution < 1.29 is 9.59 Å². The maximum absolute atomic E-state index is 13.1. The van der Waals surface area contributed by atoms with Crippen molar-refractivity contribution in [1.82, 2.24) is 0 Å². The summed E-state index contributed by atoms with van der Waals surface area (Å²) in [4.78, 5) is 26.2. The van der Waals surface area contributed by atoms with Gasteiger partial charge in [0.2, 0.25) is 0 Å². The molecule has 35 heavy (non-hydrogen) atoms. The van der Waals surface area contributed by atoms with Crippen molar-refractivity contribution in [2.24, 2.45) is 0 Å². The Labute approximate surface area is 215 Å². The maximum Gasteiger partial charge on any atom is 0.196 e. The predicted octanol–water partition coefficient (Wildman–Crippen LogP) is 10.1. The van der Waals surface area contributed by atoms with Crippen LogP contribution in [0.3, 0.4) is 0 Å². The molecule has 1 aromatic carbocycles. The van der Waals surface area contributed by atoms with Gasteiger partial charge in [-0.3, -0.25) is 9.59 Å². The van der Waals surface area contributed by atoms with Crippen molar-refractivity contribution in [3.05, 3.63) is 59.2 Å². The Kier molecular flexibility index (Phi) is 16.1. The average Bonchev–Trinajstić information content (AvgIpc) is 2.90. The molecular weight excluding hydrogens is 428 g/mol. The van der Waals surface area contributed by atoms with Crippen molar-refractivity contribution in [2.45, 2.75) is 135 Å². The highest BCUT2D eigenvalue weighted by Gasteiger charge is 2.20. The van der Waals surface area contributed by atoms with Gasteiger partial charge >= 0.3 is 0 Å². The summed E-state index contributed by atoms with van der Waals surface area (Å²) < 4.78 is 0. The van der Waals surface area contributed by atoms with Gasteiger partial charge in [-0.05, 0) is 38.2 Å². The topological polar surface area (TPSA) is 34.1 Å². The summed E-state index contributed by atoms with van der Waals surface area (Å²) in [6, 6.07) is 9.26. The van der Waals surface area contributed by atoms with Crippen LogP contribution >= 0.6 is 0 Å². The number of rotatable bonds is 20. The van der Waals surface area contributed by atoms with E-state index in [-0.39, 0.29) is 11.6 Å². The summed E-state index contributed by atoms with van der Waals surface area (Å²) in [7, 11) is 0. The lowest BCUT2D eigenvalue weighted by molar-refractivity contribution is -0.115. The third-order valence-electron chi connectivity index (χ3n) is 7.24. The zero-order valence-corrected chi connectivity index (χ0v) is 22.5. The van der Waals surface area contributed by atoms with Crippen molar-refractivity contribution in [3.8, 4) is 0 Å². The smallest absolute Gasteiger partial charge is 0.196 e. The quantitative estimate of drug-likeness (QED) is 0.0614. The molecule has 0 bridgehead atoms. The van der Waals surface area contributed by atoms with Gasteiger partial charge in [-0.15, -0.1) is 0 Å². The number of carbonyl (C=O) groups is 2. The largest absolute Gasteiger partial charge is 0.294 e. The molecule has 0 aliphatic heterocycles. The molecule has 0 saturated heterocycles. The highest BCUT2D eigenvalue weighted by Crippen LogP contribution is 2.23.